The van der Waals surface area contributed by atoms with Crippen LogP contribution in [0.3, 0.4) is 0 Å². The third kappa shape index (κ3) is 8.12. The Morgan fingerprint density at radius 3 is 2.40 bits per heavy atom. The van der Waals surface area contributed by atoms with Gasteiger partial charge in [0.15, 0.2) is 0 Å². The van der Waals surface area contributed by atoms with Crippen molar-refractivity contribution < 1.29 is 19.0 Å². The molecule has 1 aromatic heterocycles. The van der Waals surface area contributed by atoms with Crippen LogP contribution in [0.1, 0.15) is 42.6 Å². The number of ether oxygens (including phenoxy) is 2. The fourth-order valence-electron chi connectivity index (χ4n) is 4.11. The lowest BCUT2D eigenvalue weighted by Crippen LogP contribution is -2.32. The third-order valence-corrected chi connectivity index (χ3v) is 7.41. The van der Waals surface area contributed by atoms with Crippen LogP contribution in [-0.2, 0) is 24.4 Å². The minimum absolute atomic E-state index is 0.00144. The number of nitro benzene ring substituents is 1. The highest BCUT2D eigenvalue weighted by atomic mass is 35.5. The molecule has 0 aliphatic rings. The van der Waals surface area contributed by atoms with E-state index in [9.17, 15) is 10.1 Å². The van der Waals surface area contributed by atoms with Gasteiger partial charge in [0.05, 0.1) is 24.2 Å². The van der Waals surface area contributed by atoms with Gasteiger partial charge in [0.1, 0.15) is 37.3 Å². The molecule has 0 aliphatic heterocycles. The van der Waals surface area contributed by atoms with Crippen LogP contribution in [-0.4, -0.2) is 16.1 Å². The molecule has 0 radical (unpaired) electrons. The van der Waals surface area contributed by atoms with Gasteiger partial charge in [-0.1, -0.05) is 71.9 Å². The first kappa shape index (κ1) is 30.2. The van der Waals surface area contributed by atoms with Gasteiger partial charge in [0, 0.05) is 37.3 Å². The minimum atomic E-state index is -0.417. The average Bonchev–Trinajstić information content (AvgIpc) is 3.35. The fourth-order valence-corrected chi connectivity index (χ4v) is 5.10. The molecule has 0 saturated heterocycles. The van der Waals surface area contributed by atoms with Gasteiger partial charge in [0.25, 0.3) is 5.69 Å². The molecule has 0 aliphatic carbocycles. The Balaban J connectivity index is 1.54. The normalized spacial score (nSPS) is 11.9. The minimum Gasteiger partial charge on any atom is -0.493 e. The molecule has 11 heteroatoms. The van der Waals surface area contributed by atoms with Crippen LogP contribution < -0.4 is 9.30 Å². The maximum atomic E-state index is 11.3. The van der Waals surface area contributed by atoms with Gasteiger partial charge in [-0.3, -0.25) is 10.1 Å². The van der Waals surface area contributed by atoms with Gasteiger partial charge in [-0.15, -0.1) is 0 Å². The Bertz CT molecular complexity index is 1480. The molecule has 7 nitrogen and oxygen atoms in total. The van der Waals surface area contributed by atoms with Crippen molar-refractivity contribution in [2.24, 2.45) is 0 Å². The maximum Gasteiger partial charge on any atom is 0.273 e. The number of nitro groups is 1. The summed E-state index contributed by atoms with van der Waals surface area (Å²) in [5.74, 6) is 0.511. The lowest BCUT2D eigenvalue weighted by Gasteiger charge is -2.19. The molecule has 210 valence electrons. The van der Waals surface area contributed by atoms with E-state index in [1.807, 2.05) is 40.0 Å². The second kappa shape index (κ2) is 14.2. The second-order valence-corrected chi connectivity index (χ2v) is 10.9. The summed E-state index contributed by atoms with van der Waals surface area (Å²) in [6.45, 7) is 3.74. The number of benzene rings is 3. The van der Waals surface area contributed by atoms with E-state index < -0.39 is 11.0 Å². The summed E-state index contributed by atoms with van der Waals surface area (Å²) in [6.07, 6.45) is 7.21. The molecular formula is C29H28Cl4N3O4+. The summed E-state index contributed by atoms with van der Waals surface area (Å²) in [4.78, 5) is 10.9. The van der Waals surface area contributed by atoms with Crippen molar-refractivity contribution in [3.05, 3.63) is 120 Å². The van der Waals surface area contributed by atoms with Crippen molar-refractivity contribution in [1.82, 2.24) is 4.57 Å². The van der Waals surface area contributed by atoms with E-state index in [4.69, 9.17) is 55.9 Å². The number of aromatic nitrogens is 2. The van der Waals surface area contributed by atoms with Crippen LogP contribution in [0, 0.1) is 10.1 Å². The third-order valence-electron chi connectivity index (χ3n) is 6.26. The molecule has 4 rings (SSSR count). The predicted octanol–water partition coefficient (Wildman–Crippen LogP) is 8.48. The highest BCUT2D eigenvalue weighted by Gasteiger charge is 2.21. The van der Waals surface area contributed by atoms with Gasteiger partial charge < -0.3 is 9.47 Å². The van der Waals surface area contributed by atoms with Crippen molar-refractivity contribution in [3.63, 3.8) is 0 Å². The van der Waals surface area contributed by atoms with Crippen molar-refractivity contribution in [2.45, 2.75) is 45.6 Å². The lowest BCUT2D eigenvalue weighted by atomic mass is 10.1. The molecule has 0 spiro atoms. The van der Waals surface area contributed by atoms with Gasteiger partial charge in [-0.25, -0.2) is 9.13 Å². The first-order chi connectivity index (χ1) is 19.2. The molecule has 0 bridgehead atoms. The highest BCUT2D eigenvalue weighted by Crippen LogP contribution is 2.32. The quantitative estimate of drug-likeness (QED) is 0.0648. The summed E-state index contributed by atoms with van der Waals surface area (Å²) in [7, 11) is 0. The molecule has 1 unspecified atom stereocenters. The van der Waals surface area contributed by atoms with Crippen molar-refractivity contribution >= 4 is 52.1 Å². The standard InChI is InChI=1S/C29H28Cl4N3O4/c1-2-3-12-39-28-15-24(36(37)38)8-5-20(28)16-34-10-11-35(19-34)17-29(25-9-7-23(31)14-27(25)33)40-18-21-4-6-22(30)13-26(21)32/h4-11,13-15,19,29H,2-3,12,16-18H2,1H3/q+1. The highest BCUT2D eigenvalue weighted by molar-refractivity contribution is 6.35. The van der Waals surface area contributed by atoms with Crippen molar-refractivity contribution in [2.75, 3.05) is 6.61 Å². The van der Waals surface area contributed by atoms with Crippen LogP contribution in [0.25, 0.3) is 0 Å². The monoisotopic (exact) mass is 622 g/mol. The van der Waals surface area contributed by atoms with E-state index in [0.29, 0.717) is 45.5 Å². The number of hydrogen-bond donors (Lipinski definition) is 0. The van der Waals surface area contributed by atoms with E-state index in [-0.39, 0.29) is 12.3 Å². The van der Waals surface area contributed by atoms with Crippen molar-refractivity contribution in [3.8, 4) is 5.75 Å². The number of nitrogens with zero attached hydrogens (tertiary/aromatic N) is 3. The van der Waals surface area contributed by atoms with Crippen LogP contribution >= 0.6 is 46.4 Å². The van der Waals surface area contributed by atoms with Gasteiger partial charge >= 0.3 is 0 Å². The smallest absolute Gasteiger partial charge is 0.273 e. The number of non-ortho nitro benzene ring substituents is 1. The zero-order chi connectivity index (χ0) is 28.6. The van der Waals surface area contributed by atoms with E-state index >= 15 is 0 Å². The number of halogens is 4. The first-order valence-corrected chi connectivity index (χ1v) is 14.2. The zero-order valence-corrected chi connectivity index (χ0v) is 24.8. The molecule has 1 heterocycles. The average molecular weight is 624 g/mol. The Hall–Kier alpha value is -2.81. The fraction of sp³-hybridized carbons (Fsp3) is 0.276. The zero-order valence-electron chi connectivity index (χ0n) is 21.7. The SMILES string of the molecule is CCCCOc1cc([N+](=O)[O-])ccc1C[n+]1ccn(CC(OCc2ccc(Cl)cc2Cl)c2ccc(Cl)cc2Cl)c1. The second-order valence-electron chi connectivity index (χ2n) is 9.24. The summed E-state index contributed by atoms with van der Waals surface area (Å²) in [5, 5.41) is 13.4. The van der Waals surface area contributed by atoms with E-state index in [1.54, 1.807) is 30.3 Å². The summed E-state index contributed by atoms with van der Waals surface area (Å²) in [5.41, 5.74) is 2.43. The van der Waals surface area contributed by atoms with Crippen molar-refractivity contribution in [1.29, 1.82) is 0 Å². The van der Waals surface area contributed by atoms with Crippen LogP contribution in [0.2, 0.25) is 20.1 Å². The largest absolute Gasteiger partial charge is 0.493 e. The number of hydrogen-bond acceptors (Lipinski definition) is 4. The molecule has 0 saturated carbocycles. The summed E-state index contributed by atoms with van der Waals surface area (Å²) < 4.78 is 16.2. The summed E-state index contributed by atoms with van der Waals surface area (Å²) in [6, 6.07) is 15.3. The molecule has 0 amide bonds. The van der Waals surface area contributed by atoms with E-state index in [2.05, 4.69) is 6.92 Å². The Labute approximate surface area is 252 Å². The number of rotatable bonds is 13. The van der Waals surface area contributed by atoms with E-state index in [1.165, 1.54) is 12.1 Å². The molecule has 0 fully saturated rings. The topological polar surface area (TPSA) is 70.4 Å². The van der Waals surface area contributed by atoms with Crippen LogP contribution in [0.4, 0.5) is 5.69 Å². The Morgan fingerprint density at radius 1 is 0.975 bits per heavy atom. The lowest BCUT2D eigenvalue weighted by molar-refractivity contribution is -0.687. The first-order valence-electron chi connectivity index (χ1n) is 12.7. The number of unbranched alkanes of at least 4 members (excludes halogenated alkanes) is 1. The molecular weight excluding hydrogens is 596 g/mol. The number of imidazole rings is 1. The predicted molar refractivity (Wildman–Crippen MR) is 158 cm³/mol. The molecule has 40 heavy (non-hydrogen) atoms. The van der Waals surface area contributed by atoms with Gasteiger partial charge in [-0.2, -0.15) is 0 Å². The Morgan fingerprint density at radius 2 is 1.70 bits per heavy atom. The molecule has 0 N–H and O–H groups in total. The molecule has 4 aromatic rings. The molecule has 1 atom stereocenters. The molecule has 3 aromatic carbocycles. The van der Waals surface area contributed by atoms with Crippen LogP contribution in [0.15, 0.2) is 73.3 Å². The summed E-state index contributed by atoms with van der Waals surface area (Å²) >= 11 is 25.1. The maximum absolute atomic E-state index is 11.3. The van der Waals surface area contributed by atoms with Gasteiger partial charge in [-0.05, 0) is 42.3 Å². The van der Waals surface area contributed by atoms with Crippen LogP contribution in [0.5, 0.6) is 5.75 Å². The Kier molecular flexibility index (Phi) is 10.7. The van der Waals surface area contributed by atoms with E-state index in [0.717, 1.165) is 29.5 Å². The van der Waals surface area contributed by atoms with Gasteiger partial charge in [0.2, 0.25) is 6.33 Å².